The fourth-order valence-electron chi connectivity index (χ4n) is 4.06. The maximum Gasteiger partial charge on any atom is 0.338 e. The van der Waals surface area contributed by atoms with E-state index in [1.165, 1.54) is 48.6 Å². The molecule has 0 amide bonds. The number of carbonyl (C=O) groups is 3. The second kappa shape index (κ2) is 13.7. The number of esters is 3. The van der Waals surface area contributed by atoms with Crippen molar-refractivity contribution in [2.75, 3.05) is 6.61 Å². The van der Waals surface area contributed by atoms with Crippen LogP contribution in [0, 0.1) is 0 Å². The number of phenols is 4. The van der Waals surface area contributed by atoms with Gasteiger partial charge in [0, 0.05) is 25.0 Å². The fourth-order valence-corrected chi connectivity index (χ4v) is 4.06. The molecule has 6 N–H and O–H groups in total. The van der Waals surface area contributed by atoms with E-state index in [0.29, 0.717) is 17.5 Å². The Morgan fingerprint density at radius 3 is 1.71 bits per heavy atom. The molecule has 2 atom stereocenters. The van der Waals surface area contributed by atoms with Crippen molar-refractivity contribution >= 4 is 30.1 Å². The zero-order chi connectivity index (χ0) is 30.2. The summed E-state index contributed by atoms with van der Waals surface area (Å²) in [7, 11) is 0. The molecule has 12 heteroatoms. The lowest BCUT2D eigenvalue weighted by Crippen LogP contribution is -2.58. The molecule has 12 nitrogen and oxygen atoms in total. The number of phenolic OH excluding ortho intramolecular Hbond substituents is 4. The van der Waals surface area contributed by atoms with Crippen LogP contribution in [0.5, 0.6) is 23.0 Å². The van der Waals surface area contributed by atoms with Crippen LogP contribution in [0.25, 0.3) is 12.2 Å². The third kappa shape index (κ3) is 8.47. The highest BCUT2D eigenvalue weighted by molar-refractivity contribution is 5.88. The molecular formula is C29H32O12. The van der Waals surface area contributed by atoms with E-state index in [1.807, 2.05) is 6.92 Å². The van der Waals surface area contributed by atoms with Crippen molar-refractivity contribution < 1.29 is 59.2 Å². The van der Waals surface area contributed by atoms with E-state index in [-0.39, 0.29) is 18.1 Å². The molecule has 0 bridgehead atoms. The smallest absolute Gasteiger partial charge is 0.338 e. The lowest BCUT2D eigenvalue weighted by atomic mass is 9.79. The molecule has 0 aromatic heterocycles. The van der Waals surface area contributed by atoms with Gasteiger partial charge in [-0.25, -0.2) is 14.4 Å². The Morgan fingerprint density at radius 1 is 0.829 bits per heavy atom. The number of aliphatic hydroxyl groups is 2. The highest BCUT2D eigenvalue weighted by atomic mass is 16.6. The van der Waals surface area contributed by atoms with Gasteiger partial charge in [0.2, 0.25) is 0 Å². The van der Waals surface area contributed by atoms with Gasteiger partial charge < -0.3 is 44.8 Å². The Hall–Kier alpha value is -4.55. The van der Waals surface area contributed by atoms with Crippen molar-refractivity contribution in [3.63, 3.8) is 0 Å². The van der Waals surface area contributed by atoms with Crippen LogP contribution in [0.4, 0.5) is 0 Å². The molecule has 0 unspecified atom stereocenters. The number of benzene rings is 2. The zero-order valence-corrected chi connectivity index (χ0v) is 22.2. The summed E-state index contributed by atoms with van der Waals surface area (Å²) in [6.45, 7) is 1.91. The van der Waals surface area contributed by atoms with Gasteiger partial charge in [-0.2, -0.15) is 0 Å². The maximum absolute atomic E-state index is 12.8. The standard InChI is InChI=1S/C29H32O12/c1-2-3-12-39-28(37)29(38)15-23(40-25(34)10-6-17-4-8-19(30)21(32)13-17)27(36)24(16-29)41-26(35)11-7-18-5-9-20(31)22(33)14-18/h4-11,13-14,23-24,27,30-33,36,38H,2-3,12,15-16H2,1H3/b10-6+,11-7+/t23-,24-,27-,29+/m1/s1. The second-order valence-corrected chi connectivity index (χ2v) is 9.53. The summed E-state index contributed by atoms with van der Waals surface area (Å²) in [5.41, 5.74) is -1.56. The minimum absolute atomic E-state index is 0.0273. The number of hydrogen-bond donors (Lipinski definition) is 6. The van der Waals surface area contributed by atoms with Gasteiger partial charge in [-0.3, -0.25) is 0 Å². The van der Waals surface area contributed by atoms with E-state index in [9.17, 15) is 45.0 Å². The first-order chi connectivity index (χ1) is 19.4. The third-order valence-corrected chi connectivity index (χ3v) is 6.31. The number of unbranched alkanes of at least 4 members (excludes halogenated alkanes) is 1. The Balaban J connectivity index is 1.76. The van der Waals surface area contributed by atoms with E-state index in [0.717, 1.165) is 18.6 Å². The molecule has 0 heterocycles. The second-order valence-electron chi connectivity index (χ2n) is 9.53. The molecule has 0 spiro atoms. The van der Waals surface area contributed by atoms with Crippen LogP contribution >= 0.6 is 0 Å². The van der Waals surface area contributed by atoms with Crippen LogP contribution in [0.1, 0.15) is 43.7 Å². The number of carbonyl (C=O) groups excluding carboxylic acids is 3. The van der Waals surface area contributed by atoms with Gasteiger partial charge in [0.15, 0.2) is 28.6 Å². The topological polar surface area (TPSA) is 200 Å². The summed E-state index contributed by atoms with van der Waals surface area (Å²) in [5.74, 6) is -4.48. The average Bonchev–Trinajstić information content (AvgIpc) is 2.92. The van der Waals surface area contributed by atoms with Crippen LogP contribution in [0.3, 0.4) is 0 Å². The Bertz CT molecular complexity index is 1230. The number of aromatic hydroxyl groups is 4. The zero-order valence-electron chi connectivity index (χ0n) is 22.2. The molecule has 1 fully saturated rings. The first-order valence-corrected chi connectivity index (χ1v) is 12.8. The van der Waals surface area contributed by atoms with Gasteiger partial charge in [-0.05, 0) is 54.0 Å². The summed E-state index contributed by atoms with van der Waals surface area (Å²) in [6, 6.07) is 7.66. The van der Waals surface area contributed by atoms with Crippen molar-refractivity contribution in [2.45, 2.75) is 56.5 Å². The van der Waals surface area contributed by atoms with Gasteiger partial charge in [0.25, 0.3) is 0 Å². The van der Waals surface area contributed by atoms with Crippen molar-refractivity contribution in [3.05, 3.63) is 59.7 Å². The molecule has 220 valence electrons. The molecule has 1 aliphatic carbocycles. The number of aliphatic hydroxyl groups excluding tert-OH is 1. The van der Waals surface area contributed by atoms with Crippen molar-refractivity contribution in [1.29, 1.82) is 0 Å². The molecule has 1 aliphatic rings. The van der Waals surface area contributed by atoms with E-state index in [4.69, 9.17) is 14.2 Å². The minimum atomic E-state index is -2.25. The van der Waals surface area contributed by atoms with Crippen molar-refractivity contribution in [1.82, 2.24) is 0 Å². The predicted octanol–water partition coefficient (Wildman–Crippen LogP) is 2.29. The van der Waals surface area contributed by atoms with E-state index in [2.05, 4.69) is 0 Å². The van der Waals surface area contributed by atoms with Crippen LogP contribution in [-0.2, 0) is 28.6 Å². The maximum atomic E-state index is 12.8. The first-order valence-electron chi connectivity index (χ1n) is 12.8. The Labute approximate surface area is 235 Å². The third-order valence-electron chi connectivity index (χ3n) is 6.31. The molecule has 2 aromatic carbocycles. The number of ether oxygens (including phenoxy) is 3. The molecule has 41 heavy (non-hydrogen) atoms. The number of hydrogen-bond acceptors (Lipinski definition) is 12. The molecule has 2 aromatic rings. The Morgan fingerprint density at radius 2 is 1.29 bits per heavy atom. The molecule has 1 saturated carbocycles. The van der Waals surface area contributed by atoms with E-state index >= 15 is 0 Å². The molecule has 3 rings (SSSR count). The van der Waals surface area contributed by atoms with Gasteiger partial charge >= 0.3 is 17.9 Å². The SMILES string of the molecule is CCCCOC(=O)[C@]1(O)C[C@@H](OC(=O)/C=C/c2ccc(O)c(O)c2)[C@@H](O)[C@H](OC(=O)/C=C/c2ccc(O)c(O)c2)C1. The lowest BCUT2D eigenvalue weighted by molar-refractivity contribution is -0.206. The number of rotatable bonds is 10. The normalized spacial score (nSPS) is 22.5. The minimum Gasteiger partial charge on any atom is -0.504 e. The van der Waals surface area contributed by atoms with Crippen LogP contribution in [0.15, 0.2) is 48.6 Å². The van der Waals surface area contributed by atoms with Crippen molar-refractivity contribution in [3.8, 4) is 23.0 Å². The van der Waals surface area contributed by atoms with Crippen LogP contribution in [-0.4, -0.2) is 79.1 Å². The predicted molar refractivity (Wildman–Crippen MR) is 143 cm³/mol. The van der Waals surface area contributed by atoms with Gasteiger partial charge in [0.1, 0.15) is 18.3 Å². The lowest BCUT2D eigenvalue weighted by Gasteiger charge is -2.41. The van der Waals surface area contributed by atoms with E-state index < -0.39 is 66.2 Å². The van der Waals surface area contributed by atoms with Crippen LogP contribution < -0.4 is 0 Å². The van der Waals surface area contributed by atoms with Crippen LogP contribution in [0.2, 0.25) is 0 Å². The molecule has 0 radical (unpaired) electrons. The summed E-state index contributed by atoms with van der Waals surface area (Å²) in [5, 5.41) is 60.1. The summed E-state index contributed by atoms with van der Waals surface area (Å²) in [4.78, 5) is 37.8. The van der Waals surface area contributed by atoms with Gasteiger partial charge in [0.05, 0.1) is 6.61 Å². The summed E-state index contributed by atoms with van der Waals surface area (Å²) in [6.07, 6.45) is 0.107. The molecular weight excluding hydrogens is 540 g/mol. The first kappa shape index (κ1) is 31.0. The van der Waals surface area contributed by atoms with Gasteiger partial charge in [-0.15, -0.1) is 0 Å². The fraction of sp³-hybridized carbons (Fsp3) is 0.345. The van der Waals surface area contributed by atoms with E-state index in [1.54, 1.807) is 0 Å². The molecule has 0 saturated heterocycles. The monoisotopic (exact) mass is 572 g/mol. The van der Waals surface area contributed by atoms with Crippen molar-refractivity contribution in [2.24, 2.45) is 0 Å². The largest absolute Gasteiger partial charge is 0.504 e. The highest BCUT2D eigenvalue weighted by Crippen LogP contribution is 2.34. The highest BCUT2D eigenvalue weighted by Gasteiger charge is 2.53. The molecule has 0 aliphatic heterocycles. The van der Waals surface area contributed by atoms with Gasteiger partial charge in [-0.1, -0.05) is 25.5 Å². The summed E-state index contributed by atoms with van der Waals surface area (Å²) < 4.78 is 15.8. The average molecular weight is 573 g/mol. The summed E-state index contributed by atoms with van der Waals surface area (Å²) >= 11 is 0. The Kier molecular flexibility index (Phi) is 10.3. The quantitative estimate of drug-likeness (QED) is 0.0799.